The number of carbonyl (C=O) groups excluding carboxylic acids is 2. The normalized spacial score (nSPS) is 19.6. The van der Waals surface area contributed by atoms with Crippen molar-refractivity contribution in [3.05, 3.63) is 48.2 Å². The quantitative estimate of drug-likeness (QED) is 0.847. The Morgan fingerprint density at radius 2 is 1.93 bits per heavy atom. The van der Waals surface area contributed by atoms with E-state index in [1.54, 1.807) is 34.2 Å². The first-order valence-electron chi connectivity index (χ1n) is 9.64. The first kappa shape index (κ1) is 18.5. The van der Waals surface area contributed by atoms with E-state index in [1.165, 1.54) is 6.26 Å². The van der Waals surface area contributed by atoms with Crippen LogP contribution in [0.5, 0.6) is 0 Å². The third-order valence-corrected chi connectivity index (χ3v) is 5.12. The van der Waals surface area contributed by atoms with Gasteiger partial charge in [0.05, 0.1) is 12.4 Å². The molecule has 4 rings (SSSR count). The van der Waals surface area contributed by atoms with E-state index < -0.39 is 0 Å². The molecule has 0 aliphatic carbocycles. The van der Waals surface area contributed by atoms with Gasteiger partial charge in [0, 0.05) is 51.2 Å². The third-order valence-electron chi connectivity index (χ3n) is 5.12. The molecule has 2 amide bonds. The summed E-state index contributed by atoms with van der Waals surface area (Å²) in [5.41, 5.74) is 1.27. The maximum atomic E-state index is 12.8. The molecule has 8 nitrogen and oxygen atoms in total. The van der Waals surface area contributed by atoms with Gasteiger partial charge in [-0.15, -0.1) is 0 Å². The molecule has 148 valence electrons. The topological polar surface area (TPSA) is 87.9 Å². The van der Waals surface area contributed by atoms with Gasteiger partial charge in [-0.05, 0) is 37.1 Å². The number of aromatic nitrogens is 1. The van der Waals surface area contributed by atoms with Crippen molar-refractivity contribution >= 4 is 17.5 Å². The third kappa shape index (κ3) is 4.17. The van der Waals surface area contributed by atoms with Crippen LogP contribution in [0, 0.1) is 0 Å². The summed E-state index contributed by atoms with van der Waals surface area (Å²) >= 11 is 0. The average molecular weight is 384 g/mol. The minimum atomic E-state index is -0.143. The first-order valence-corrected chi connectivity index (χ1v) is 9.64. The van der Waals surface area contributed by atoms with Gasteiger partial charge in [0.2, 0.25) is 0 Å². The smallest absolute Gasteiger partial charge is 0.289 e. The zero-order valence-corrected chi connectivity index (χ0v) is 15.7. The van der Waals surface area contributed by atoms with Crippen LogP contribution < -0.4 is 5.32 Å². The lowest BCUT2D eigenvalue weighted by molar-refractivity contribution is 0.0515. The highest BCUT2D eigenvalue weighted by molar-refractivity contribution is 5.94. The predicted octanol–water partition coefficient (Wildman–Crippen LogP) is 1.86. The van der Waals surface area contributed by atoms with Gasteiger partial charge < -0.3 is 24.3 Å². The Hall–Kier alpha value is -2.87. The van der Waals surface area contributed by atoms with Gasteiger partial charge in [-0.25, -0.2) is 0 Å². The van der Waals surface area contributed by atoms with Crippen molar-refractivity contribution in [2.75, 3.05) is 44.6 Å². The molecule has 2 aromatic rings. The number of furan rings is 1. The van der Waals surface area contributed by atoms with E-state index in [0.29, 0.717) is 37.6 Å². The standard InChI is InChI=1S/C20H24N4O4/c25-19(17-13-15(5-6-21-17)22-14-16-3-1-11-27-16)23-7-9-24(10-8-23)20(26)18-4-2-12-28-18/h2,4-6,12-13,16H,1,3,7-11,14H2,(H,21,22). The van der Waals surface area contributed by atoms with E-state index in [9.17, 15) is 9.59 Å². The number of pyridine rings is 1. The fourth-order valence-electron chi connectivity index (χ4n) is 3.53. The number of rotatable bonds is 5. The van der Waals surface area contributed by atoms with Gasteiger partial charge in [-0.3, -0.25) is 14.6 Å². The molecule has 2 saturated heterocycles. The van der Waals surface area contributed by atoms with E-state index in [-0.39, 0.29) is 17.9 Å². The van der Waals surface area contributed by atoms with Crippen LogP contribution in [-0.4, -0.2) is 72.0 Å². The van der Waals surface area contributed by atoms with Crippen molar-refractivity contribution < 1.29 is 18.7 Å². The molecule has 0 saturated carbocycles. The second-order valence-corrected chi connectivity index (χ2v) is 7.01. The minimum absolute atomic E-state index is 0.120. The van der Waals surface area contributed by atoms with E-state index >= 15 is 0 Å². The Balaban J connectivity index is 1.32. The van der Waals surface area contributed by atoms with E-state index in [2.05, 4.69) is 10.3 Å². The molecule has 0 bridgehead atoms. The molecule has 0 spiro atoms. The van der Waals surface area contributed by atoms with E-state index in [4.69, 9.17) is 9.15 Å². The Morgan fingerprint density at radius 1 is 1.14 bits per heavy atom. The summed E-state index contributed by atoms with van der Waals surface area (Å²) in [5.74, 6) is 0.0629. The van der Waals surface area contributed by atoms with Crippen LogP contribution in [0.3, 0.4) is 0 Å². The second kappa shape index (κ2) is 8.43. The Bertz CT molecular complexity index is 809. The molecule has 0 aromatic carbocycles. The number of piperazine rings is 1. The second-order valence-electron chi connectivity index (χ2n) is 7.01. The minimum Gasteiger partial charge on any atom is -0.459 e. The lowest BCUT2D eigenvalue weighted by Gasteiger charge is -2.34. The van der Waals surface area contributed by atoms with Crippen molar-refractivity contribution in [3.8, 4) is 0 Å². The van der Waals surface area contributed by atoms with Gasteiger partial charge in [-0.2, -0.15) is 0 Å². The largest absolute Gasteiger partial charge is 0.459 e. The van der Waals surface area contributed by atoms with Crippen molar-refractivity contribution in [1.82, 2.24) is 14.8 Å². The highest BCUT2D eigenvalue weighted by Crippen LogP contribution is 2.16. The lowest BCUT2D eigenvalue weighted by Crippen LogP contribution is -2.50. The molecule has 4 heterocycles. The molecule has 28 heavy (non-hydrogen) atoms. The zero-order valence-electron chi connectivity index (χ0n) is 15.7. The Labute approximate surface area is 163 Å². The number of carbonyl (C=O) groups is 2. The summed E-state index contributed by atoms with van der Waals surface area (Å²) < 4.78 is 10.8. The molecule has 1 unspecified atom stereocenters. The maximum Gasteiger partial charge on any atom is 0.289 e. The molecule has 2 aliphatic heterocycles. The number of anilines is 1. The molecular weight excluding hydrogens is 360 g/mol. The van der Waals surface area contributed by atoms with Gasteiger partial charge in [0.1, 0.15) is 5.69 Å². The van der Waals surface area contributed by atoms with Gasteiger partial charge in [0.25, 0.3) is 11.8 Å². The zero-order chi connectivity index (χ0) is 19.3. The van der Waals surface area contributed by atoms with E-state index in [0.717, 1.165) is 31.7 Å². The highest BCUT2D eigenvalue weighted by atomic mass is 16.5. The summed E-state index contributed by atoms with van der Waals surface area (Å²) in [6.07, 6.45) is 5.51. The summed E-state index contributed by atoms with van der Waals surface area (Å²) in [5, 5.41) is 3.32. The van der Waals surface area contributed by atoms with Crippen LogP contribution in [0.1, 0.15) is 33.9 Å². The molecule has 8 heteroatoms. The monoisotopic (exact) mass is 384 g/mol. The van der Waals surface area contributed by atoms with Crippen LogP contribution >= 0.6 is 0 Å². The molecule has 0 radical (unpaired) electrons. The number of hydrogen-bond donors (Lipinski definition) is 1. The summed E-state index contributed by atoms with van der Waals surface area (Å²) in [6, 6.07) is 6.97. The highest BCUT2D eigenvalue weighted by Gasteiger charge is 2.27. The van der Waals surface area contributed by atoms with Crippen LogP contribution in [0.15, 0.2) is 41.1 Å². The number of ether oxygens (including phenoxy) is 1. The summed E-state index contributed by atoms with van der Waals surface area (Å²) in [4.78, 5) is 32.8. The Kier molecular flexibility index (Phi) is 5.57. The van der Waals surface area contributed by atoms with Crippen LogP contribution in [0.25, 0.3) is 0 Å². The van der Waals surface area contributed by atoms with Crippen molar-refractivity contribution in [2.45, 2.75) is 18.9 Å². The van der Waals surface area contributed by atoms with Crippen LogP contribution in [0.4, 0.5) is 5.69 Å². The van der Waals surface area contributed by atoms with Gasteiger partial charge >= 0.3 is 0 Å². The lowest BCUT2D eigenvalue weighted by atomic mass is 10.2. The molecule has 1 N–H and O–H groups in total. The van der Waals surface area contributed by atoms with Crippen LogP contribution in [-0.2, 0) is 4.74 Å². The molecule has 2 aliphatic rings. The number of nitrogens with one attached hydrogen (secondary N) is 1. The fraction of sp³-hybridized carbons (Fsp3) is 0.450. The number of hydrogen-bond acceptors (Lipinski definition) is 6. The summed E-state index contributed by atoms with van der Waals surface area (Å²) in [7, 11) is 0. The number of nitrogens with zero attached hydrogens (tertiary/aromatic N) is 3. The van der Waals surface area contributed by atoms with Crippen molar-refractivity contribution in [1.29, 1.82) is 0 Å². The average Bonchev–Trinajstić information content (AvgIpc) is 3.46. The van der Waals surface area contributed by atoms with Crippen LogP contribution in [0.2, 0.25) is 0 Å². The van der Waals surface area contributed by atoms with Gasteiger partial charge in [-0.1, -0.05) is 0 Å². The predicted molar refractivity (Wildman–Crippen MR) is 102 cm³/mol. The first-order chi connectivity index (χ1) is 13.7. The molecular formula is C20H24N4O4. The van der Waals surface area contributed by atoms with Gasteiger partial charge in [0.15, 0.2) is 5.76 Å². The molecule has 2 aromatic heterocycles. The Morgan fingerprint density at radius 3 is 2.61 bits per heavy atom. The summed E-state index contributed by atoms with van der Waals surface area (Å²) in [6.45, 7) is 3.44. The maximum absolute atomic E-state index is 12.8. The molecule has 2 fully saturated rings. The number of amides is 2. The molecule has 1 atom stereocenters. The van der Waals surface area contributed by atoms with E-state index in [1.807, 2.05) is 6.07 Å². The SMILES string of the molecule is O=C(c1cc(NCC2CCCO2)ccn1)N1CCN(C(=O)c2ccco2)CC1. The van der Waals surface area contributed by atoms with Crippen molar-refractivity contribution in [2.24, 2.45) is 0 Å². The van der Waals surface area contributed by atoms with Crippen molar-refractivity contribution in [3.63, 3.8) is 0 Å². The fourth-order valence-corrected chi connectivity index (χ4v) is 3.53.